The van der Waals surface area contributed by atoms with Crippen molar-refractivity contribution in [1.29, 1.82) is 0 Å². The van der Waals surface area contributed by atoms with Gasteiger partial charge in [-0.3, -0.25) is 4.79 Å². The average Bonchev–Trinajstić information content (AvgIpc) is 2.70. The second-order valence-corrected chi connectivity index (χ2v) is 11.1. The predicted molar refractivity (Wildman–Crippen MR) is 132 cm³/mol. The molecule has 1 amide bonds. The Hall–Kier alpha value is -1.09. The van der Waals surface area contributed by atoms with E-state index in [1.54, 1.807) is 6.08 Å². The molecular formula is C28H49NO2. The highest BCUT2D eigenvalue weighted by Gasteiger charge is 2.51. The van der Waals surface area contributed by atoms with E-state index in [0.29, 0.717) is 23.7 Å². The molecule has 3 nitrogen and oxygen atoms in total. The number of aliphatic hydroxyl groups is 1. The Kier molecular flexibility index (Phi) is 10.3. The molecule has 2 fully saturated rings. The first-order valence-corrected chi connectivity index (χ1v) is 13.0. The number of hydrogen-bond acceptors (Lipinski definition) is 2. The van der Waals surface area contributed by atoms with Gasteiger partial charge in [-0.2, -0.15) is 0 Å². The molecule has 5 atom stereocenters. The van der Waals surface area contributed by atoms with Gasteiger partial charge in [-0.1, -0.05) is 77.5 Å². The average molecular weight is 432 g/mol. The van der Waals surface area contributed by atoms with Crippen LogP contribution in [0.2, 0.25) is 0 Å². The summed E-state index contributed by atoms with van der Waals surface area (Å²) in [4.78, 5) is 12.3. The molecule has 0 saturated heterocycles. The number of rotatable bonds is 11. The third kappa shape index (κ3) is 7.20. The minimum Gasteiger partial charge on any atom is -0.393 e. The summed E-state index contributed by atoms with van der Waals surface area (Å²) in [6, 6.07) is 0. The Morgan fingerprint density at radius 2 is 1.90 bits per heavy atom. The van der Waals surface area contributed by atoms with Crippen LogP contribution < -0.4 is 5.32 Å². The first-order valence-electron chi connectivity index (χ1n) is 13.0. The Morgan fingerprint density at radius 3 is 2.61 bits per heavy atom. The molecule has 0 aromatic carbocycles. The summed E-state index contributed by atoms with van der Waals surface area (Å²) < 4.78 is 0. The first-order chi connectivity index (χ1) is 14.7. The summed E-state index contributed by atoms with van der Waals surface area (Å²) in [5.74, 6) is 2.26. The van der Waals surface area contributed by atoms with E-state index in [9.17, 15) is 9.90 Å². The lowest BCUT2D eigenvalue weighted by Crippen LogP contribution is -2.52. The lowest BCUT2D eigenvalue weighted by molar-refractivity contribution is -0.116. The zero-order valence-corrected chi connectivity index (χ0v) is 21.0. The molecular weight excluding hydrogens is 382 g/mol. The molecule has 0 heterocycles. The van der Waals surface area contributed by atoms with Crippen molar-refractivity contribution < 1.29 is 9.90 Å². The van der Waals surface area contributed by atoms with Gasteiger partial charge in [0.2, 0.25) is 5.91 Å². The first kappa shape index (κ1) is 26.2. The van der Waals surface area contributed by atoms with Gasteiger partial charge in [-0.05, 0) is 74.5 Å². The number of hydrogen-bond donors (Lipinski definition) is 2. The standard InChI is InChI=1S/C28H49NO2/c1-7-8-9-10-11-12-17-29-26(31)18-20(2)13-15-23-21(3)14-16-24-27(23)22(4)19-25(30)28(24,5)6/h18,22-25,27,30H,3,7-17,19H2,1-2,4-6H3,(H,29,31)/b20-18+. The predicted octanol–water partition coefficient (Wildman–Crippen LogP) is 6.82. The van der Waals surface area contributed by atoms with Crippen molar-refractivity contribution in [3.63, 3.8) is 0 Å². The van der Waals surface area contributed by atoms with Gasteiger partial charge in [0.25, 0.3) is 0 Å². The van der Waals surface area contributed by atoms with Gasteiger partial charge >= 0.3 is 0 Å². The quantitative estimate of drug-likeness (QED) is 0.214. The normalized spacial score (nSPS) is 30.7. The molecule has 3 heteroatoms. The SMILES string of the molecule is C=C1CCC2C(C(C)CC(O)C2(C)C)C1CC/C(C)=C/C(=O)NCCCCCCCC. The number of carbonyl (C=O) groups excluding carboxylic acids is 1. The topological polar surface area (TPSA) is 49.3 Å². The zero-order chi connectivity index (χ0) is 23.0. The van der Waals surface area contributed by atoms with Crippen LogP contribution in [0.15, 0.2) is 23.8 Å². The van der Waals surface area contributed by atoms with Crippen LogP contribution in [0.4, 0.5) is 0 Å². The van der Waals surface area contributed by atoms with Crippen LogP contribution in [0.25, 0.3) is 0 Å². The highest BCUT2D eigenvalue weighted by atomic mass is 16.3. The molecule has 5 unspecified atom stereocenters. The fourth-order valence-electron chi connectivity index (χ4n) is 6.24. The van der Waals surface area contributed by atoms with Crippen molar-refractivity contribution in [2.24, 2.45) is 29.1 Å². The fourth-order valence-corrected chi connectivity index (χ4v) is 6.24. The van der Waals surface area contributed by atoms with Crippen LogP contribution in [0.5, 0.6) is 0 Å². The van der Waals surface area contributed by atoms with Gasteiger partial charge in [0, 0.05) is 12.6 Å². The lowest BCUT2D eigenvalue weighted by Gasteiger charge is -2.55. The summed E-state index contributed by atoms with van der Waals surface area (Å²) >= 11 is 0. The van der Waals surface area contributed by atoms with Crippen molar-refractivity contribution in [3.8, 4) is 0 Å². The van der Waals surface area contributed by atoms with E-state index in [-0.39, 0.29) is 17.4 Å². The fraction of sp³-hybridized carbons (Fsp3) is 0.821. The second-order valence-electron chi connectivity index (χ2n) is 11.1. The van der Waals surface area contributed by atoms with Gasteiger partial charge in [0.05, 0.1) is 6.10 Å². The Bertz CT molecular complexity index is 621. The van der Waals surface area contributed by atoms with Crippen LogP contribution in [-0.4, -0.2) is 23.7 Å². The summed E-state index contributed by atoms with van der Waals surface area (Å²) in [7, 11) is 0. The molecule has 31 heavy (non-hydrogen) atoms. The van der Waals surface area contributed by atoms with Gasteiger partial charge < -0.3 is 10.4 Å². The van der Waals surface area contributed by atoms with Crippen molar-refractivity contribution in [2.75, 3.05) is 6.54 Å². The molecule has 2 saturated carbocycles. The minimum atomic E-state index is -0.201. The van der Waals surface area contributed by atoms with Gasteiger partial charge in [-0.25, -0.2) is 0 Å². The monoisotopic (exact) mass is 431 g/mol. The maximum atomic E-state index is 12.3. The number of unbranched alkanes of at least 4 members (excludes halogenated alkanes) is 5. The van der Waals surface area contributed by atoms with E-state index < -0.39 is 0 Å². The number of amides is 1. The molecule has 0 spiro atoms. The van der Waals surface area contributed by atoms with E-state index >= 15 is 0 Å². The number of nitrogens with one attached hydrogen (secondary N) is 1. The summed E-state index contributed by atoms with van der Waals surface area (Å²) in [5, 5.41) is 13.7. The number of carbonyl (C=O) groups is 1. The molecule has 0 aromatic heterocycles. The Labute approximate surface area is 192 Å². The smallest absolute Gasteiger partial charge is 0.243 e. The second kappa shape index (κ2) is 12.2. The van der Waals surface area contributed by atoms with Crippen LogP contribution in [0.1, 0.15) is 105 Å². The van der Waals surface area contributed by atoms with E-state index in [0.717, 1.165) is 50.6 Å². The molecule has 0 bridgehead atoms. The van der Waals surface area contributed by atoms with E-state index in [1.807, 2.05) is 0 Å². The third-order valence-electron chi connectivity index (χ3n) is 8.35. The van der Waals surface area contributed by atoms with E-state index in [1.165, 1.54) is 37.7 Å². The Morgan fingerprint density at radius 1 is 1.23 bits per heavy atom. The van der Waals surface area contributed by atoms with Gasteiger partial charge in [0.15, 0.2) is 0 Å². The van der Waals surface area contributed by atoms with Crippen molar-refractivity contribution >= 4 is 5.91 Å². The summed E-state index contributed by atoms with van der Waals surface area (Å²) in [5.41, 5.74) is 2.54. The molecule has 0 aromatic rings. The van der Waals surface area contributed by atoms with Crippen molar-refractivity contribution in [1.82, 2.24) is 5.32 Å². The molecule has 178 valence electrons. The highest BCUT2D eigenvalue weighted by Crippen LogP contribution is 2.56. The molecule has 2 aliphatic rings. The van der Waals surface area contributed by atoms with Crippen LogP contribution >= 0.6 is 0 Å². The molecule has 2 rings (SSSR count). The molecule has 2 N–H and O–H groups in total. The maximum absolute atomic E-state index is 12.3. The van der Waals surface area contributed by atoms with Crippen LogP contribution in [0.3, 0.4) is 0 Å². The third-order valence-corrected chi connectivity index (χ3v) is 8.35. The Balaban J connectivity index is 1.83. The molecule has 0 aliphatic heterocycles. The maximum Gasteiger partial charge on any atom is 0.243 e. The lowest BCUT2D eigenvalue weighted by atomic mass is 9.50. The van der Waals surface area contributed by atoms with Crippen molar-refractivity contribution in [3.05, 3.63) is 23.8 Å². The zero-order valence-electron chi connectivity index (χ0n) is 21.0. The molecule has 0 radical (unpaired) electrons. The van der Waals surface area contributed by atoms with Gasteiger partial charge in [-0.15, -0.1) is 0 Å². The highest BCUT2D eigenvalue weighted by molar-refractivity contribution is 5.88. The van der Waals surface area contributed by atoms with Crippen LogP contribution in [0, 0.1) is 29.1 Å². The number of aliphatic hydroxyl groups excluding tert-OH is 1. The largest absolute Gasteiger partial charge is 0.393 e. The summed E-state index contributed by atoms with van der Waals surface area (Å²) in [6.45, 7) is 16.4. The number of allylic oxidation sites excluding steroid dienone is 2. The summed E-state index contributed by atoms with van der Waals surface area (Å²) in [6.07, 6.45) is 14.2. The van der Waals surface area contributed by atoms with E-state index in [4.69, 9.17) is 0 Å². The van der Waals surface area contributed by atoms with Crippen molar-refractivity contribution in [2.45, 2.75) is 111 Å². The van der Waals surface area contributed by atoms with Gasteiger partial charge in [0.1, 0.15) is 0 Å². The number of fused-ring (bicyclic) bond motifs is 1. The van der Waals surface area contributed by atoms with Crippen LogP contribution in [-0.2, 0) is 4.79 Å². The molecule has 2 aliphatic carbocycles. The minimum absolute atomic E-state index is 0.0164. The van der Waals surface area contributed by atoms with E-state index in [2.05, 4.69) is 46.5 Å².